The Kier molecular flexibility index (Phi) is 7.44. The molecule has 0 bridgehead atoms. The predicted octanol–water partition coefficient (Wildman–Crippen LogP) is 3.59. The Morgan fingerprint density at radius 2 is 2.12 bits per heavy atom. The van der Waals surface area contributed by atoms with Crippen molar-refractivity contribution in [1.82, 2.24) is 4.57 Å². The number of hydrogen-bond acceptors (Lipinski definition) is 3. The fourth-order valence-electron chi connectivity index (χ4n) is 2.42. The van der Waals surface area contributed by atoms with Crippen LogP contribution in [0, 0.1) is 24.6 Å². The van der Waals surface area contributed by atoms with Gasteiger partial charge in [0.15, 0.2) is 0 Å². The van der Waals surface area contributed by atoms with Gasteiger partial charge in [0.25, 0.3) is 5.56 Å². The van der Waals surface area contributed by atoms with E-state index in [1.807, 2.05) is 0 Å². The Morgan fingerprint density at radius 3 is 2.77 bits per heavy atom. The summed E-state index contributed by atoms with van der Waals surface area (Å²) in [5.41, 5.74) is 1.40. The largest absolute Gasteiger partial charge is 0.487 e. The van der Waals surface area contributed by atoms with Gasteiger partial charge in [-0.05, 0) is 41.5 Å². The number of rotatable bonds is 5. The number of nitrogens with zero attached hydrogens (tertiary/aromatic N) is 2. The first-order valence-electron chi connectivity index (χ1n) is 7.52. The number of aliphatic imine (C=N–C) groups is 1. The Bertz CT molecular complexity index is 942. The molecular formula is C18H14BrF2N2O2Y-. The first kappa shape index (κ1) is 21.1. The smallest absolute Gasteiger partial charge is 0.267 e. The van der Waals surface area contributed by atoms with Gasteiger partial charge in [0.1, 0.15) is 28.5 Å². The van der Waals surface area contributed by atoms with Crippen molar-refractivity contribution < 1.29 is 46.2 Å². The predicted molar refractivity (Wildman–Crippen MR) is 93.9 cm³/mol. The van der Waals surface area contributed by atoms with Crippen LogP contribution < -0.4 is 10.3 Å². The normalized spacial score (nSPS) is 12.7. The van der Waals surface area contributed by atoms with E-state index in [2.05, 4.69) is 27.0 Å². The Labute approximate surface area is 183 Å². The molecule has 26 heavy (non-hydrogen) atoms. The van der Waals surface area contributed by atoms with E-state index in [-0.39, 0.29) is 54.9 Å². The zero-order chi connectivity index (χ0) is 18.0. The average molecular weight is 497 g/mol. The number of aromatic nitrogens is 1. The summed E-state index contributed by atoms with van der Waals surface area (Å²) < 4.78 is 34.0. The second-order valence-electron chi connectivity index (χ2n) is 5.54. The number of halogens is 3. The number of pyridine rings is 1. The van der Waals surface area contributed by atoms with E-state index in [0.717, 1.165) is 17.8 Å². The van der Waals surface area contributed by atoms with Crippen LogP contribution in [0.4, 0.5) is 8.78 Å². The van der Waals surface area contributed by atoms with Crippen molar-refractivity contribution in [1.29, 1.82) is 0 Å². The van der Waals surface area contributed by atoms with E-state index in [0.29, 0.717) is 24.5 Å². The molecule has 0 spiro atoms. The third-order valence-corrected chi connectivity index (χ3v) is 4.51. The molecule has 2 aromatic rings. The van der Waals surface area contributed by atoms with Crippen LogP contribution in [0.5, 0.6) is 5.75 Å². The Balaban J connectivity index is 0.00000243. The van der Waals surface area contributed by atoms with E-state index >= 15 is 0 Å². The molecule has 1 aromatic heterocycles. The fourth-order valence-corrected chi connectivity index (χ4v) is 2.87. The van der Waals surface area contributed by atoms with Gasteiger partial charge in [-0.25, -0.2) is 14.9 Å². The SMILES string of the molecule is Cc1cc(OCc2ccc(F)cc2F)c(Br)c(=O)n1CC1=NC[C-]=C1.[Y]. The maximum atomic E-state index is 13.7. The third-order valence-electron chi connectivity index (χ3n) is 3.78. The number of hydrogen-bond donors (Lipinski definition) is 0. The van der Waals surface area contributed by atoms with Crippen molar-refractivity contribution in [2.45, 2.75) is 20.1 Å². The Morgan fingerprint density at radius 1 is 1.35 bits per heavy atom. The second kappa shape index (κ2) is 9.15. The maximum absolute atomic E-state index is 13.7. The molecule has 3 rings (SSSR count). The first-order chi connectivity index (χ1) is 12.0. The molecule has 0 amide bonds. The molecule has 0 N–H and O–H groups in total. The standard InChI is InChI=1S/C18H14BrF2N2O2.Y/c1-11-7-16(25-10-12-4-5-13(20)8-15(12)21)17(19)18(24)23(11)9-14-3-2-6-22-14;/h3-5,7-8H,6,9-10H2,1H3;/q-1;. The molecule has 1 aliphatic rings. The number of ether oxygens (including phenoxy) is 1. The van der Waals surface area contributed by atoms with Gasteiger partial charge in [0.05, 0.1) is 0 Å². The quantitative estimate of drug-likeness (QED) is 0.594. The number of allylic oxidation sites excluding steroid dienone is 1. The fraction of sp³-hybridized carbons (Fsp3) is 0.222. The van der Waals surface area contributed by atoms with Gasteiger partial charge in [-0.2, -0.15) is 0 Å². The summed E-state index contributed by atoms with van der Waals surface area (Å²) in [6, 6.07) is 4.96. The van der Waals surface area contributed by atoms with Crippen LogP contribution in [0.15, 0.2) is 44.6 Å². The van der Waals surface area contributed by atoms with E-state index in [9.17, 15) is 13.6 Å². The molecule has 4 nitrogen and oxygen atoms in total. The minimum absolute atomic E-state index is 0. The minimum Gasteiger partial charge on any atom is -0.487 e. The Hall–Kier alpha value is -1.18. The molecule has 1 radical (unpaired) electrons. The van der Waals surface area contributed by atoms with Crippen molar-refractivity contribution >= 4 is 21.6 Å². The van der Waals surface area contributed by atoms with E-state index in [4.69, 9.17) is 4.74 Å². The molecule has 0 unspecified atom stereocenters. The van der Waals surface area contributed by atoms with E-state index < -0.39 is 11.6 Å². The van der Waals surface area contributed by atoms with Gasteiger partial charge >= 0.3 is 0 Å². The van der Waals surface area contributed by atoms with Gasteiger partial charge in [0, 0.05) is 62.6 Å². The van der Waals surface area contributed by atoms with Crippen molar-refractivity contribution in [3.05, 3.63) is 74.1 Å². The summed E-state index contributed by atoms with van der Waals surface area (Å²) in [7, 11) is 0. The van der Waals surface area contributed by atoms with Crippen LogP contribution in [-0.4, -0.2) is 16.8 Å². The van der Waals surface area contributed by atoms with Gasteiger partial charge < -0.3 is 14.3 Å². The number of aryl methyl sites for hydroxylation is 1. The molecule has 8 heteroatoms. The third kappa shape index (κ3) is 4.75. The molecule has 133 valence electrons. The molecule has 0 saturated heterocycles. The van der Waals surface area contributed by atoms with Crippen molar-refractivity contribution in [2.75, 3.05) is 6.54 Å². The molecule has 1 aromatic carbocycles. The summed E-state index contributed by atoms with van der Waals surface area (Å²) >= 11 is 3.24. The van der Waals surface area contributed by atoms with Gasteiger partial charge in [-0.1, -0.05) is 5.71 Å². The van der Waals surface area contributed by atoms with Crippen molar-refractivity contribution in [2.24, 2.45) is 4.99 Å². The van der Waals surface area contributed by atoms with Gasteiger partial charge in [-0.3, -0.25) is 10.9 Å². The summed E-state index contributed by atoms with van der Waals surface area (Å²) in [5.74, 6) is -1.04. The molecule has 0 atom stereocenters. The summed E-state index contributed by atoms with van der Waals surface area (Å²) in [6.45, 7) is 2.53. The summed E-state index contributed by atoms with van der Waals surface area (Å²) in [4.78, 5) is 16.8. The molecule has 1 aliphatic heterocycles. The first-order valence-corrected chi connectivity index (χ1v) is 8.31. The zero-order valence-corrected chi connectivity index (χ0v) is 18.4. The van der Waals surface area contributed by atoms with Crippen LogP contribution in [0.2, 0.25) is 0 Å². The molecule has 0 aliphatic carbocycles. The molecular weight excluding hydrogens is 483 g/mol. The van der Waals surface area contributed by atoms with Crippen LogP contribution in [0.25, 0.3) is 0 Å². The van der Waals surface area contributed by atoms with Crippen LogP contribution in [-0.2, 0) is 45.9 Å². The van der Waals surface area contributed by atoms with Crippen LogP contribution in [0.3, 0.4) is 0 Å². The topological polar surface area (TPSA) is 43.6 Å². The van der Waals surface area contributed by atoms with Crippen LogP contribution in [0.1, 0.15) is 11.3 Å². The number of benzene rings is 1. The minimum atomic E-state index is -0.691. The summed E-state index contributed by atoms with van der Waals surface area (Å²) in [6.07, 6.45) is 4.73. The maximum Gasteiger partial charge on any atom is 0.267 e. The monoisotopic (exact) mass is 496 g/mol. The van der Waals surface area contributed by atoms with E-state index in [1.165, 1.54) is 6.07 Å². The van der Waals surface area contributed by atoms with Gasteiger partial charge in [0.2, 0.25) is 0 Å². The van der Waals surface area contributed by atoms with Crippen LogP contribution >= 0.6 is 15.9 Å². The molecule has 2 heterocycles. The zero-order valence-electron chi connectivity index (χ0n) is 13.9. The molecule has 0 fully saturated rings. The van der Waals surface area contributed by atoms with Gasteiger partial charge in [-0.15, -0.1) is 0 Å². The van der Waals surface area contributed by atoms with Crippen molar-refractivity contribution in [3.63, 3.8) is 0 Å². The van der Waals surface area contributed by atoms with E-state index in [1.54, 1.807) is 23.6 Å². The molecule has 0 saturated carbocycles. The van der Waals surface area contributed by atoms with Crippen molar-refractivity contribution in [3.8, 4) is 5.75 Å². The average Bonchev–Trinajstić information content (AvgIpc) is 3.08. The second-order valence-corrected chi connectivity index (χ2v) is 6.33. The summed E-state index contributed by atoms with van der Waals surface area (Å²) in [5, 5.41) is 0.